The summed E-state index contributed by atoms with van der Waals surface area (Å²) in [6, 6.07) is 6.43. The van der Waals surface area contributed by atoms with Crippen molar-refractivity contribution in [3.8, 4) is 11.8 Å². The summed E-state index contributed by atoms with van der Waals surface area (Å²) in [6.45, 7) is 4.04. The van der Waals surface area contributed by atoms with Crippen LogP contribution < -0.4 is 14.6 Å². The van der Waals surface area contributed by atoms with Crippen LogP contribution in [0.1, 0.15) is 12.5 Å². The Bertz CT molecular complexity index is 613. The first kappa shape index (κ1) is 18.2. The maximum absolute atomic E-state index is 11.1. The van der Waals surface area contributed by atoms with Gasteiger partial charge in [-0.1, -0.05) is 6.07 Å². The number of hydrogen-bond acceptors (Lipinski definition) is 6. The molecule has 9 heteroatoms. The van der Waals surface area contributed by atoms with E-state index in [1.807, 2.05) is 13.0 Å². The quantitative estimate of drug-likeness (QED) is 0.606. The molecule has 0 unspecified atom stereocenters. The maximum atomic E-state index is 11.1. The SMILES string of the molecule is CCOCCOCCOc1cccc(NS(N)(=O)=O)c1C#N. The Hall–Kier alpha value is -1.86. The predicted molar refractivity (Wildman–Crippen MR) is 80.7 cm³/mol. The molecule has 0 saturated carbocycles. The van der Waals surface area contributed by atoms with Crippen LogP contribution in [-0.2, 0) is 19.7 Å². The molecule has 0 atom stereocenters. The lowest BCUT2D eigenvalue weighted by Gasteiger charge is -2.11. The van der Waals surface area contributed by atoms with Gasteiger partial charge in [0, 0.05) is 6.61 Å². The third-order valence-corrected chi connectivity index (χ3v) is 2.96. The number of nitrogens with one attached hydrogen (secondary N) is 1. The lowest BCUT2D eigenvalue weighted by Crippen LogP contribution is -2.22. The van der Waals surface area contributed by atoms with E-state index < -0.39 is 10.2 Å². The molecule has 1 aromatic rings. The summed E-state index contributed by atoms with van der Waals surface area (Å²) < 4.78 is 40.0. The van der Waals surface area contributed by atoms with E-state index in [1.165, 1.54) is 6.07 Å². The van der Waals surface area contributed by atoms with Gasteiger partial charge in [-0.3, -0.25) is 4.72 Å². The van der Waals surface area contributed by atoms with Crippen molar-refractivity contribution in [2.75, 3.05) is 37.8 Å². The van der Waals surface area contributed by atoms with Crippen molar-refractivity contribution in [2.24, 2.45) is 5.14 Å². The fourth-order valence-corrected chi connectivity index (χ4v) is 2.06. The maximum Gasteiger partial charge on any atom is 0.296 e. The Kier molecular flexibility index (Phi) is 7.62. The van der Waals surface area contributed by atoms with Crippen LogP contribution in [-0.4, -0.2) is 41.5 Å². The molecule has 0 saturated heterocycles. The van der Waals surface area contributed by atoms with Crippen LogP contribution in [0.15, 0.2) is 18.2 Å². The van der Waals surface area contributed by atoms with Crippen LogP contribution in [0.4, 0.5) is 5.69 Å². The van der Waals surface area contributed by atoms with Crippen LogP contribution in [0.3, 0.4) is 0 Å². The highest BCUT2D eigenvalue weighted by Crippen LogP contribution is 2.26. The molecule has 0 radical (unpaired) electrons. The van der Waals surface area contributed by atoms with Crippen LogP contribution >= 0.6 is 0 Å². The lowest BCUT2D eigenvalue weighted by atomic mass is 10.2. The van der Waals surface area contributed by atoms with Crippen molar-refractivity contribution in [3.05, 3.63) is 23.8 Å². The standard InChI is InChI=1S/C13H19N3O5S/c1-2-19-6-7-20-8-9-21-13-5-3-4-12(11(13)10-14)16-22(15,17)18/h3-5,16H,2,6-9H2,1H3,(H2,15,17,18). The smallest absolute Gasteiger partial charge is 0.296 e. The number of nitrogens with zero attached hydrogens (tertiary/aromatic N) is 1. The highest BCUT2D eigenvalue weighted by Gasteiger charge is 2.12. The number of nitrogens with two attached hydrogens (primary N) is 1. The molecular weight excluding hydrogens is 310 g/mol. The van der Waals surface area contributed by atoms with Gasteiger partial charge < -0.3 is 14.2 Å². The summed E-state index contributed by atoms with van der Waals surface area (Å²) in [5, 5.41) is 14.0. The van der Waals surface area contributed by atoms with Gasteiger partial charge in [0.25, 0.3) is 10.2 Å². The molecule has 0 aliphatic carbocycles. The van der Waals surface area contributed by atoms with Crippen molar-refractivity contribution in [1.82, 2.24) is 0 Å². The highest BCUT2D eigenvalue weighted by molar-refractivity contribution is 7.90. The average molecular weight is 329 g/mol. The molecule has 1 rings (SSSR count). The second-order valence-electron chi connectivity index (χ2n) is 4.10. The Labute approximate surface area is 130 Å². The molecule has 0 spiro atoms. The van der Waals surface area contributed by atoms with Gasteiger partial charge in [0.15, 0.2) is 0 Å². The van der Waals surface area contributed by atoms with Gasteiger partial charge in [-0.05, 0) is 19.1 Å². The summed E-state index contributed by atoms with van der Waals surface area (Å²) >= 11 is 0. The van der Waals surface area contributed by atoms with Crippen molar-refractivity contribution < 1.29 is 22.6 Å². The molecule has 0 aliphatic rings. The number of rotatable bonds is 10. The summed E-state index contributed by atoms with van der Waals surface area (Å²) in [6.07, 6.45) is 0. The molecule has 0 heterocycles. The summed E-state index contributed by atoms with van der Waals surface area (Å²) in [4.78, 5) is 0. The van der Waals surface area contributed by atoms with E-state index >= 15 is 0 Å². The third-order valence-electron chi connectivity index (χ3n) is 2.45. The molecule has 122 valence electrons. The summed E-state index contributed by atoms with van der Waals surface area (Å²) in [5.74, 6) is 0.254. The van der Waals surface area contributed by atoms with E-state index in [9.17, 15) is 8.42 Å². The Balaban J connectivity index is 2.57. The van der Waals surface area contributed by atoms with Gasteiger partial charge >= 0.3 is 0 Å². The molecule has 8 nitrogen and oxygen atoms in total. The zero-order valence-electron chi connectivity index (χ0n) is 12.2. The average Bonchev–Trinajstić information content (AvgIpc) is 2.45. The second kappa shape index (κ2) is 9.22. The molecular formula is C13H19N3O5S. The van der Waals surface area contributed by atoms with E-state index in [0.717, 1.165) is 0 Å². The number of anilines is 1. The van der Waals surface area contributed by atoms with Gasteiger partial charge in [0.2, 0.25) is 0 Å². The fraction of sp³-hybridized carbons (Fsp3) is 0.462. The second-order valence-corrected chi connectivity index (χ2v) is 5.39. The first-order chi connectivity index (χ1) is 10.5. The minimum absolute atomic E-state index is 0.0610. The fourth-order valence-electron chi connectivity index (χ4n) is 1.58. The van der Waals surface area contributed by atoms with E-state index in [2.05, 4.69) is 4.72 Å². The monoisotopic (exact) mass is 329 g/mol. The van der Waals surface area contributed by atoms with E-state index in [-0.39, 0.29) is 23.6 Å². The van der Waals surface area contributed by atoms with Crippen LogP contribution in [0.25, 0.3) is 0 Å². The predicted octanol–water partition coefficient (Wildman–Crippen LogP) is 0.606. The van der Waals surface area contributed by atoms with Gasteiger partial charge in [-0.2, -0.15) is 13.7 Å². The molecule has 0 bridgehead atoms. The number of hydrogen-bond donors (Lipinski definition) is 2. The number of ether oxygens (including phenoxy) is 3. The van der Waals surface area contributed by atoms with Crippen molar-refractivity contribution in [1.29, 1.82) is 5.26 Å². The van der Waals surface area contributed by atoms with E-state index in [1.54, 1.807) is 12.1 Å². The van der Waals surface area contributed by atoms with E-state index in [4.69, 9.17) is 24.6 Å². The van der Waals surface area contributed by atoms with Gasteiger partial charge in [-0.25, -0.2) is 5.14 Å². The largest absolute Gasteiger partial charge is 0.490 e. The Morgan fingerprint density at radius 3 is 2.55 bits per heavy atom. The molecule has 0 amide bonds. The zero-order chi connectivity index (χ0) is 16.4. The molecule has 3 N–H and O–H groups in total. The Morgan fingerprint density at radius 2 is 1.91 bits per heavy atom. The molecule has 0 fully saturated rings. The zero-order valence-corrected chi connectivity index (χ0v) is 13.1. The topological polar surface area (TPSA) is 124 Å². The lowest BCUT2D eigenvalue weighted by molar-refractivity contribution is 0.0404. The first-order valence-electron chi connectivity index (χ1n) is 6.60. The summed E-state index contributed by atoms with van der Waals surface area (Å²) in [5.41, 5.74) is 0.130. The Morgan fingerprint density at radius 1 is 1.23 bits per heavy atom. The molecule has 0 aliphatic heterocycles. The minimum Gasteiger partial charge on any atom is -0.490 e. The van der Waals surface area contributed by atoms with Crippen LogP contribution in [0.5, 0.6) is 5.75 Å². The van der Waals surface area contributed by atoms with Crippen molar-refractivity contribution in [2.45, 2.75) is 6.92 Å². The van der Waals surface area contributed by atoms with Gasteiger partial charge in [-0.15, -0.1) is 0 Å². The van der Waals surface area contributed by atoms with Crippen LogP contribution in [0.2, 0.25) is 0 Å². The van der Waals surface area contributed by atoms with Crippen molar-refractivity contribution >= 4 is 15.9 Å². The van der Waals surface area contributed by atoms with Gasteiger partial charge in [0.05, 0.1) is 25.5 Å². The molecule has 22 heavy (non-hydrogen) atoms. The number of nitriles is 1. The molecule has 0 aromatic heterocycles. The third kappa shape index (κ3) is 6.73. The van der Waals surface area contributed by atoms with Crippen molar-refractivity contribution in [3.63, 3.8) is 0 Å². The van der Waals surface area contributed by atoms with Crippen LogP contribution in [0, 0.1) is 11.3 Å². The highest BCUT2D eigenvalue weighted by atomic mass is 32.2. The normalized spacial score (nSPS) is 11.0. The number of benzene rings is 1. The van der Waals surface area contributed by atoms with E-state index in [0.29, 0.717) is 26.4 Å². The van der Waals surface area contributed by atoms with Gasteiger partial charge in [0.1, 0.15) is 24.0 Å². The first-order valence-corrected chi connectivity index (χ1v) is 8.14. The minimum atomic E-state index is -3.96. The summed E-state index contributed by atoms with van der Waals surface area (Å²) in [7, 11) is -3.96. The molecule has 1 aromatic carbocycles.